The molecule has 58 valence electrons. The highest BCUT2D eigenvalue weighted by Crippen LogP contribution is 2.22. The third-order valence-corrected chi connectivity index (χ3v) is 2.06. The van der Waals surface area contributed by atoms with E-state index in [-0.39, 0.29) is 5.75 Å². The zero-order valence-corrected chi connectivity index (χ0v) is 8.37. The highest BCUT2D eigenvalue weighted by molar-refractivity contribution is 14.1. The topological polar surface area (TPSA) is 44.0 Å². The van der Waals surface area contributed by atoms with E-state index < -0.39 is 0 Å². The molecule has 0 saturated heterocycles. The number of halogens is 2. The van der Waals surface area contributed by atoms with Gasteiger partial charge in [0.15, 0.2) is 0 Å². The largest absolute Gasteiger partial charge is 0.507 e. The first-order chi connectivity index (χ1) is 5.20. The summed E-state index contributed by atoms with van der Waals surface area (Å²) < 4.78 is 0.817. The second kappa shape index (κ2) is 5.22. The lowest BCUT2D eigenvalue weighted by molar-refractivity contribution is 0.471. The summed E-state index contributed by atoms with van der Waals surface area (Å²) >= 11 is 7.59. The molecule has 0 bridgehead atoms. The van der Waals surface area contributed by atoms with Crippen LogP contribution in [0.3, 0.4) is 0 Å². The summed E-state index contributed by atoms with van der Waals surface area (Å²) in [7, 11) is 0. The van der Waals surface area contributed by atoms with Crippen molar-refractivity contribution < 1.29 is 5.11 Å². The molecule has 0 fully saturated rings. The summed E-state index contributed by atoms with van der Waals surface area (Å²) in [5.41, 5.74) is 0. The van der Waals surface area contributed by atoms with E-state index in [1.807, 2.05) is 22.6 Å². The van der Waals surface area contributed by atoms with Gasteiger partial charge in [-0.25, -0.2) is 5.26 Å². The number of nitriles is 1. The Kier molecular flexibility index (Phi) is 4.99. The Morgan fingerprint density at radius 1 is 1.45 bits per heavy atom. The predicted octanol–water partition coefficient (Wildman–Crippen LogP) is 2.79. The second-order valence-corrected chi connectivity index (χ2v) is 3.19. The van der Waals surface area contributed by atoms with Gasteiger partial charge in [0.2, 0.25) is 0 Å². The van der Waals surface area contributed by atoms with Gasteiger partial charge < -0.3 is 5.11 Å². The van der Waals surface area contributed by atoms with Crippen LogP contribution in [0.4, 0.5) is 0 Å². The van der Waals surface area contributed by atoms with Gasteiger partial charge in [0.1, 0.15) is 5.75 Å². The van der Waals surface area contributed by atoms with Gasteiger partial charge >= 0.3 is 0 Å². The molecule has 0 radical (unpaired) electrons. The van der Waals surface area contributed by atoms with Gasteiger partial charge in [0.05, 0.1) is 3.57 Å². The van der Waals surface area contributed by atoms with Gasteiger partial charge in [-0.1, -0.05) is 11.6 Å². The van der Waals surface area contributed by atoms with Gasteiger partial charge in [-0.2, -0.15) is 0 Å². The van der Waals surface area contributed by atoms with E-state index >= 15 is 0 Å². The molecule has 1 rings (SSSR count). The summed E-state index contributed by atoms with van der Waals surface area (Å²) in [4.78, 5) is 0. The first-order valence-electron chi connectivity index (χ1n) is 2.60. The predicted molar refractivity (Wildman–Crippen MR) is 52.5 cm³/mol. The van der Waals surface area contributed by atoms with E-state index in [0.717, 1.165) is 3.57 Å². The number of hydrogen-bond donors (Lipinski definition) is 1. The van der Waals surface area contributed by atoms with Crippen LogP contribution in [0.1, 0.15) is 0 Å². The fraction of sp³-hybridized carbons (Fsp3) is 0. The standard InChI is InChI=1S/C6H4ClIO.CHN/c7-4-1-2-5(8)6(9)3-4;1-2/h1-3,9H;1H. The van der Waals surface area contributed by atoms with Crippen LogP contribution >= 0.6 is 34.2 Å². The highest BCUT2D eigenvalue weighted by Gasteiger charge is 1.94. The molecule has 1 aromatic rings. The number of hydrogen-bond acceptors (Lipinski definition) is 2. The molecular formula is C7H5ClINO. The Morgan fingerprint density at radius 2 is 2.00 bits per heavy atom. The fourth-order valence-electron chi connectivity index (χ4n) is 0.486. The fourth-order valence-corrected chi connectivity index (χ4v) is 0.988. The van der Waals surface area contributed by atoms with Crippen molar-refractivity contribution in [3.8, 4) is 12.3 Å². The molecule has 1 N–H and O–H groups in total. The minimum atomic E-state index is 0.239. The summed E-state index contributed by atoms with van der Waals surface area (Å²) in [5.74, 6) is 0.239. The first kappa shape index (κ1) is 10.5. The van der Waals surface area contributed by atoms with E-state index in [0.29, 0.717) is 5.02 Å². The SMILES string of the molecule is C#N.Oc1cc(Cl)ccc1I. The van der Waals surface area contributed by atoms with Crippen LogP contribution in [0, 0.1) is 15.4 Å². The molecule has 0 aliphatic carbocycles. The van der Waals surface area contributed by atoms with E-state index in [1.165, 1.54) is 6.07 Å². The molecule has 0 spiro atoms. The number of rotatable bonds is 0. The first-order valence-corrected chi connectivity index (χ1v) is 4.05. The molecule has 0 amide bonds. The molecule has 0 aliphatic heterocycles. The van der Waals surface area contributed by atoms with Crippen molar-refractivity contribution in [2.24, 2.45) is 0 Å². The second-order valence-electron chi connectivity index (χ2n) is 1.60. The van der Waals surface area contributed by atoms with Crippen molar-refractivity contribution in [2.45, 2.75) is 0 Å². The number of aromatic hydroxyl groups is 1. The van der Waals surface area contributed by atoms with Crippen LogP contribution in [0.25, 0.3) is 0 Å². The minimum absolute atomic E-state index is 0.239. The summed E-state index contributed by atoms with van der Waals surface area (Å²) in [6.07, 6.45) is 0. The van der Waals surface area contributed by atoms with Gasteiger partial charge in [0, 0.05) is 11.6 Å². The van der Waals surface area contributed by atoms with Gasteiger partial charge in [-0.15, -0.1) is 0 Å². The average Bonchev–Trinajstić information content (AvgIpc) is 2.02. The Hall–Kier alpha value is -0.470. The quantitative estimate of drug-likeness (QED) is 0.743. The molecule has 0 heterocycles. The normalized spacial score (nSPS) is 8.00. The highest BCUT2D eigenvalue weighted by atomic mass is 127. The molecule has 0 unspecified atom stereocenters. The van der Waals surface area contributed by atoms with Crippen LogP contribution in [0.15, 0.2) is 18.2 Å². The van der Waals surface area contributed by atoms with Crippen molar-refractivity contribution in [2.75, 3.05) is 0 Å². The lowest BCUT2D eigenvalue weighted by atomic mass is 10.3. The van der Waals surface area contributed by atoms with E-state index in [4.69, 9.17) is 22.0 Å². The number of nitrogens with zero attached hydrogens (tertiary/aromatic N) is 1. The molecule has 0 aliphatic rings. The Morgan fingerprint density at radius 3 is 2.36 bits per heavy atom. The molecule has 11 heavy (non-hydrogen) atoms. The summed E-state index contributed by atoms with van der Waals surface area (Å²) in [5, 5.41) is 16.1. The van der Waals surface area contributed by atoms with Crippen LogP contribution in [-0.4, -0.2) is 5.11 Å². The maximum Gasteiger partial charge on any atom is 0.130 e. The molecule has 0 aromatic heterocycles. The Balaban J connectivity index is 0.000000461. The third kappa shape index (κ3) is 3.44. The molecule has 1 aromatic carbocycles. The molecule has 0 atom stereocenters. The van der Waals surface area contributed by atoms with Gasteiger partial charge in [-0.05, 0) is 40.8 Å². The Bertz CT molecular complexity index is 262. The molecular weight excluding hydrogens is 276 g/mol. The lowest BCUT2D eigenvalue weighted by Crippen LogP contribution is -1.70. The zero-order chi connectivity index (χ0) is 8.85. The van der Waals surface area contributed by atoms with E-state index in [1.54, 1.807) is 12.1 Å². The van der Waals surface area contributed by atoms with Crippen molar-refractivity contribution >= 4 is 34.2 Å². The molecule has 2 nitrogen and oxygen atoms in total. The monoisotopic (exact) mass is 281 g/mol. The summed E-state index contributed by atoms with van der Waals surface area (Å²) in [6, 6.07) is 5.02. The number of phenolic OH excluding ortho intramolecular Hbond substituents is 1. The maximum absolute atomic E-state index is 9.01. The molecule has 4 heteroatoms. The van der Waals surface area contributed by atoms with Crippen LogP contribution < -0.4 is 0 Å². The van der Waals surface area contributed by atoms with Gasteiger partial charge in [-0.3, -0.25) is 0 Å². The molecule has 0 saturated carbocycles. The minimum Gasteiger partial charge on any atom is -0.507 e. The third-order valence-electron chi connectivity index (χ3n) is 0.908. The maximum atomic E-state index is 9.01. The van der Waals surface area contributed by atoms with Gasteiger partial charge in [0.25, 0.3) is 0 Å². The van der Waals surface area contributed by atoms with Crippen molar-refractivity contribution in [1.82, 2.24) is 0 Å². The number of phenols is 1. The van der Waals surface area contributed by atoms with Crippen LogP contribution in [0.5, 0.6) is 5.75 Å². The van der Waals surface area contributed by atoms with Crippen molar-refractivity contribution in [1.29, 1.82) is 5.26 Å². The van der Waals surface area contributed by atoms with E-state index in [2.05, 4.69) is 6.57 Å². The average molecular weight is 281 g/mol. The van der Waals surface area contributed by atoms with Crippen molar-refractivity contribution in [3.05, 3.63) is 26.8 Å². The number of benzene rings is 1. The summed E-state index contributed by atoms with van der Waals surface area (Å²) in [6.45, 7) is 3.50. The van der Waals surface area contributed by atoms with Crippen LogP contribution in [-0.2, 0) is 0 Å². The van der Waals surface area contributed by atoms with Crippen molar-refractivity contribution in [3.63, 3.8) is 0 Å². The lowest BCUT2D eigenvalue weighted by Gasteiger charge is -1.94. The Labute approximate surface area is 83.6 Å². The smallest absolute Gasteiger partial charge is 0.130 e. The zero-order valence-electron chi connectivity index (χ0n) is 5.46. The van der Waals surface area contributed by atoms with Crippen LogP contribution in [0.2, 0.25) is 5.02 Å². The van der Waals surface area contributed by atoms with E-state index in [9.17, 15) is 0 Å².